The molecular formula is C19H28N4O2. The highest BCUT2D eigenvalue weighted by Crippen LogP contribution is 2.13. The molecule has 0 spiro atoms. The van der Waals surface area contributed by atoms with Crippen LogP contribution in [0.3, 0.4) is 0 Å². The van der Waals surface area contributed by atoms with Crippen molar-refractivity contribution in [1.29, 1.82) is 0 Å². The third kappa shape index (κ3) is 5.60. The Labute approximate surface area is 149 Å². The topological polar surface area (TPSA) is 79.2 Å². The van der Waals surface area contributed by atoms with Crippen molar-refractivity contribution in [3.63, 3.8) is 0 Å². The van der Waals surface area contributed by atoms with E-state index < -0.39 is 0 Å². The normalized spacial score (nSPS) is 10.7. The first-order chi connectivity index (χ1) is 12.0. The number of aromatic nitrogens is 2. The van der Waals surface area contributed by atoms with E-state index >= 15 is 0 Å². The summed E-state index contributed by atoms with van der Waals surface area (Å²) in [4.78, 5) is 11.8. The van der Waals surface area contributed by atoms with Gasteiger partial charge < -0.3 is 15.7 Å². The van der Waals surface area contributed by atoms with Crippen LogP contribution >= 0.6 is 0 Å². The van der Waals surface area contributed by atoms with Crippen molar-refractivity contribution < 1.29 is 9.90 Å². The molecule has 6 heteroatoms. The Morgan fingerprint density at radius 1 is 1.08 bits per heavy atom. The third-order valence-electron chi connectivity index (χ3n) is 4.45. The van der Waals surface area contributed by atoms with E-state index in [-0.39, 0.29) is 12.6 Å². The van der Waals surface area contributed by atoms with Crippen LogP contribution in [0.2, 0.25) is 0 Å². The summed E-state index contributed by atoms with van der Waals surface area (Å²) in [5.74, 6) is 0. The maximum absolute atomic E-state index is 11.8. The maximum atomic E-state index is 11.8. The minimum atomic E-state index is -0.133. The minimum Gasteiger partial charge on any atom is -0.392 e. The average molecular weight is 344 g/mol. The SMILES string of the molecule is Cc1nn(C)c(C)c1CCCNC(=O)NCCc1ccc(CO)cc1. The minimum absolute atomic E-state index is 0.0546. The molecule has 2 amide bonds. The number of urea groups is 1. The molecule has 0 saturated carbocycles. The molecule has 0 saturated heterocycles. The molecule has 1 aromatic heterocycles. The number of nitrogens with one attached hydrogen (secondary N) is 2. The van der Waals surface area contributed by atoms with Crippen LogP contribution < -0.4 is 10.6 Å². The van der Waals surface area contributed by atoms with Gasteiger partial charge in [-0.1, -0.05) is 24.3 Å². The number of aryl methyl sites for hydroxylation is 2. The molecule has 0 atom stereocenters. The Balaban J connectivity index is 1.62. The van der Waals surface area contributed by atoms with Crippen molar-refractivity contribution in [2.75, 3.05) is 13.1 Å². The quantitative estimate of drug-likeness (QED) is 0.641. The van der Waals surface area contributed by atoms with Gasteiger partial charge in [0.25, 0.3) is 0 Å². The van der Waals surface area contributed by atoms with Crippen LogP contribution in [0.5, 0.6) is 0 Å². The van der Waals surface area contributed by atoms with Crippen molar-refractivity contribution >= 4 is 6.03 Å². The highest BCUT2D eigenvalue weighted by atomic mass is 16.3. The lowest BCUT2D eigenvalue weighted by Gasteiger charge is -2.08. The second-order valence-electron chi connectivity index (χ2n) is 6.28. The Hall–Kier alpha value is -2.34. The van der Waals surface area contributed by atoms with E-state index in [0.29, 0.717) is 13.1 Å². The van der Waals surface area contributed by atoms with Gasteiger partial charge in [0.2, 0.25) is 0 Å². The molecule has 1 aromatic carbocycles. The summed E-state index contributed by atoms with van der Waals surface area (Å²) in [6.07, 6.45) is 2.58. The van der Waals surface area contributed by atoms with Gasteiger partial charge in [0.05, 0.1) is 12.3 Å². The van der Waals surface area contributed by atoms with Crippen LogP contribution in [0, 0.1) is 13.8 Å². The van der Waals surface area contributed by atoms with Crippen LogP contribution in [-0.4, -0.2) is 34.0 Å². The summed E-state index contributed by atoms with van der Waals surface area (Å²) in [6, 6.07) is 7.62. The van der Waals surface area contributed by atoms with E-state index in [1.807, 2.05) is 42.9 Å². The fourth-order valence-electron chi connectivity index (χ4n) is 2.84. The van der Waals surface area contributed by atoms with E-state index in [2.05, 4.69) is 22.7 Å². The Morgan fingerprint density at radius 2 is 1.72 bits per heavy atom. The van der Waals surface area contributed by atoms with Crippen molar-refractivity contribution in [3.8, 4) is 0 Å². The molecule has 0 aliphatic carbocycles. The standard InChI is InChI=1S/C19H28N4O2/c1-14-18(15(2)23(3)22-14)5-4-11-20-19(25)21-12-10-16-6-8-17(13-24)9-7-16/h6-9,24H,4-5,10-13H2,1-3H3,(H2,20,21,25). The monoisotopic (exact) mass is 344 g/mol. The van der Waals surface area contributed by atoms with Gasteiger partial charge in [0, 0.05) is 25.8 Å². The average Bonchev–Trinajstić information content (AvgIpc) is 2.85. The highest BCUT2D eigenvalue weighted by molar-refractivity contribution is 5.73. The third-order valence-corrected chi connectivity index (χ3v) is 4.45. The number of nitrogens with zero attached hydrogens (tertiary/aromatic N) is 2. The smallest absolute Gasteiger partial charge is 0.314 e. The fraction of sp³-hybridized carbons (Fsp3) is 0.474. The van der Waals surface area contributed by atoms with Crippen molar-refractivity contribution in [3.05, 3.63) is 52.3 Å². The van der Waals surface area contributed by atoms with Gasteiger partial charge in [-0.05, 0) is 49.8 Å². The molecule has 136 valence electrons. The molecule has 0 radical (unpaired) electrons. The lowest BCUT2D eigenvalue weighted by molar-refractivity contribution is 0.241. The molecule has 0 aliphatic heterocycles. The predicted octanol–water partition coefficient (Wildman–Crippen LogP) is 2.00. The van der Waals surface area contributed by atoms with Crippen molar-refractivity contribution in [2.24, 2.45) is 7.05 Å². The number of amides is 2. The number of aliphatic hydroxyl groups excluding tert-OH is 1. The molecule has 1 heterocycles. The predicted molar refractivity (Wildman–Crippen MR) is 98.5 cm³/mol. The van der Waals surface area contributed by atoms with E-state index in [0.717, 1.165) is 36.1 Å². The van der Waals surface area contributed by atoms with E-state index in [9.17, 15) is 4.79 Å². The molecule has 6 nitrogen and oxygen atoms in total. The molecule has 25 heavy (non-hydrogen) atoms. The summed E-state index contributed by atoms with van der Waals surface area (Å²) in [5.41, 5.74) is 5.57. The van der Waals surface area contributed by atoms with Gasteiger partial charge in [-0.15, -0.1) is 0 Å². The van der Waals surface area contributed by atoms with Crippen LogP contribution in [0.25, 0.3) is 0 Å². The Kier molecular flexibility index (Phi) is 7.01. The molecule has 2 aromatic rings. The first kappa shape index (κ1) is 19.0. The van der Waals surface area contributed by atoms with Gasteiger partial charge in [-0.25, -0.2) is 4.79 Å². The second-order valence-corrected chi connectivity index (χ2v) is 6.28. The number of hydrogen-bond donors (Lipinski definition) is 3. The number of aliphatic hydroxyl groups is 1. The molecule has 0 fully saturated rings. The molecule has 0 bridgehead atoms. The molecule has 0 unspecified atom stereocenters. The number of benzene rings is 1. The number of carbonyl (C=O) groups excluding carboxylic acids is 1. The largest absolute Gasteiger partial charge is 0.392 e. The van der Waals surface area contributed by atoms with Crippen molar-refractivity contribution in [1.82, 2.24) is 20.4 Å². The highest BCUT2D eigenvalue weighted by Gasteiger charge is 2.08. The number of hydrogen-bond acceptors (Lipinski definition) is 3. The van der Waals surface area contributed by atoms with Gasteiger partial charge in [-0.2, -0.15) is 5.10 Å². The van der Waals surface area contributed by atoms with E-state index in [1.54, 1.807) is 0 Å². The summed E-state index contributed by atoms with van der Waals surface area (Å²) < 4.78 is 1.90. The van der Waals surface area contributed by atoms with Gasteiger partial charge in [-0.3, -0.25) is 4.68 Å². The van der Waals surface area contributed by atoms with Crippen LogP contribution in [-0.2, 0) is 26.5 Å². The van der Waals surface area contributed by atoms with E-state index in [4.69, 9.17) is 5.11 Å². The lowest BCUT2D eigenvalue weighted by atomic mass is 10.1. The van der Waals surface area contributed by atoms with Crippen LogP contribution in [0.15, 0.2) is 24.3 Å². The summed E-state index contributed by atoms with van der Waals surface area (Å²) in [5, 5.41) is 19.2. The van der Waals surface area contributed by atoms with Gasteiger partial charge in [0.1, 0.15) is 0 Å². The number of rotatable bonds is 8. The first-order valence-electron chi connectivity index (χ1n) is 8.70. The second kappa shape index (κ2) is 9.22. The fourth-order valence-corrected chi connectivity index (χ4v) is 2.84. The van der Waals surface area contributed by atoms with Gasteiger partial charge >= 0.3 is 6.03 Å². The summed E-state index contributed by atoms with van der Waals surface area (Å²) in [7, 11) is 1.95. The summed E-state index contributed by atoms with van der Waals surface area (Å²) in [6.45, 7) is 5.38. The molecule has 3 N–H and O–H groups in total. The number of carbonyl (C=O) groups is 1. The van der Waals surface area contributed by atoms with Gasteiger partial charge in [0.15, 0.2) is 0 Å². The van der Waals surface area contributed by atoms with Crippen LogP contribution in [0.4, 0.5) is 4.79 Å². The molecule has 2 rings (SSSR count). The Bertz CT molecular complexity index is 692. The summed E-state index contributed by atoms with van der Waals surface area (Å²) >= 11 is 0. The molecule has 0 aliphatic rings. The zero-order valence-corrected chi connectivity index (χ0v) is 15.3. The van der Waals surface area contributed by atoms with E-state index in [1.165, 1.54) is 11.3 Å². The zero-order chi connectivity index (χ0) is 18.2. The Morgan fingerprint density at radius 3 is 2.32 bits per heavy atom. The van der Waals surface area contributed by atoms with Crippen LogP contribution in [0.1, 0.15) is 34.5 Å². The lowest BCUT2D eigenvalue weighted by Crippen LogP contribution is -2.37. The first-order valence-corrected chi connectivity index (χ1v) is 8.70. The zero-order valence-electron chi connectivity index (χ0n) is 15.3. The maximum Gasteiger partial charge on any atom is 0.314 e. The molecular weight excluding hydrogens is 316 g/mol. The van der Waals surface area contributed by atoms with Crippen molar-refractivity contribution in [2.45, 2.75) is 39.7 Å².